The molecule has 0 saturated heterocycles. The summed E-state index contributed by atoms with van der Waals surface area (Å²) in [7, 11) is 0. The Bertz CT molecular complexity index is 684. The zero-order valence-corrected chi connectivity index (χ0v) is 10.3. The molecule has 3 rings (SSSR count). The van der Waals surface area contributed by atoms with Crippen molar-refractivity contribution in [3.8, 4) is 0 Å². The van der Waals surface area contributed by atoms with Crippen LogP contribution in [-0.2, 0) is 0 Å². The zero-order chi connectivity index (χ0) is 12.7. The van der Waals surface area contributed by atoms with E-state index in [1.165, 1.54) is 0 Å². The summed E-state index contributed by atoms with van der Waals surface area (Å²) < 4.78 is 7.31. The van der Waals surface area contributed by atoms with Gasteiger partial charge in [-0.15, -0.1) is 0 Å². The van der Waals surface area contributed by atoms with Gasteiger partial charge in [0.25, 0.3) is 0 Å². The third kappa shape index (κ3) is 1.48. The van der Waals surface area contributed by atoms with E-state index >= 15 is 0 Å². The summed E-state index contributed by atoms with van der Waals surface area (Å²) in [5.41, 5.74) is 8.70. The van der Waals surface area contributed by atoms with Crippen LogP contribution in [0.15, 0.2) is 35.1 Å². The van der Waals surface area contributed by atoms with Crippen molar-refractivity contribution in [2.24, 2.45) is 0 Å². The smallest absolute Gasteiger partial charge is 0.203 e. The van der Waals surface area contributed by atoms with Crippen LogP contribution >= 0.6 is 0 Å². The molecule has 0 aromatic carbocycles. The molecule has 0 radical (unpaired) electrons. The number of imidazole rings is 1. The minimum absolute atomic E-state index is 0.0284. The lowest BCUT2D eigenvalue weighted by molar-refractivity contribution is 0.452. The SMILES string of the molecule is Cc1ccnc2c1nc(N)n2C(C)c1ccco1. The molecule has 3 aromatic heterocycles. The summed E-state index contributed by atoms with van der Waals surface area (Å²) in [6.07, 6.45) is 3.42. The Hall–Kier alpha value is -2.30. The second-order valence-electron chi connectivity index (χ2n) is 4.33. The van der Waals surface area contributed by atoms with Gasteiger partial charge in [0.2, 0.25) is 5.95 Å². The van der Waals surface area contributed by atoms with Crippen LogP contribution in [0.4, 0.5) is 5.95 Å². The Balaban J connectivity index is 2.23. The Morgan fingerprint density at radius 1 is 1.39 bits per heavy atom. The van der Waals surface area contributed by atoms with Gasteiger partial charge in [-0.05, 0) is 37.6 Å². The van der Waals surface area contributed by atoms with Crippen molar-refractivity contribution in [1.82, 2.24) is 14.5 Å². The topological polar surface area (TPSA) is 69.9 Å². The number of nitrogens with two attached hydrogens (primary N) is 1. The van der Waals surface area contributed by atoms with E-state index in [4.69, 9.17) is 10.2 Å². The summed E-state index contributed by atoms with van der Waals surface area (Å²) in [6, 6.07) is 5.68. The van der Waals surface area contributed by atoms with E-state index < -0.39 is 0 Å². The molecule has 5 heteroatoms. The second-order valence-corrected chi connectivity index (χ2v) is 4.33. The van der Waals surface area contributed by atoms with Gasteiger partial charge in [0.05, 0.1) is 12.3 Å². The second kappa shape index (κ2) is 3.87. The summed E-state index contributed by atoms with van der Waals surface area (Å²) in [5.74, 6) is 1.29. The number of aromatic nitrogens is 3. The van der Waals surface area contributed by atoms with Gasteiger partial charge in [-0.2, -0.15) is 0 Å². The Labute approximate surface area is 104 Å². The molecule has 92 valence electrons. The maximum absolute atomic E-state index is 6.00. The van der Waals surface area contributed by atoms with Crippen LogP contribution in [0.25, 0.3) is 11.2 Å². The van der Waals surface area contributed by atoms with Crippen molar-refractivity contribution < 1.29 is 4.42 Å². The molecular weight excluding hydrogens is 228 g/mol. The molecule has 0 spiro atoms. The molecule has 3 heterocycles. The van der Waals surface area contributed by atoms with E-state index in [0.717, 1.165) is 22.5 Å². The van der Waals surface area contributed by atoms with Gasteiger partial charge in [0.1, 0.15) is 11.3 Å². The normalized spacial score (nSPS) is 13.0. The quantitative estimate of drug-likeness (QED) is 0.749. The fourth-order valence-electron chi connectivity index (χ4n) is 2.17. The molecule has 0 aliphatic rings. The third-order valence-electron chi connectivity index (χ3n) is 3.15. The fourth-order valence-corrected chi connectivity index (χ4v) is 2.17. The number of fused-ring (bicyclic) bond motifs is 1. The lowest BCUT2D eigenvalue weighted by Gasteiger charge is -2.12. The molecule has 0 aliphatic carbocycles. The van der Waals surface area contributed by atoms with Crippen LogP contribution < -0.4 is 5.73 Å². The first kappa shape index (κ1) is 10.8. The standard InChI is InChI=1S/C13H14N4O/c1-8-5-6-15-12-11(8)16-13(14)17(12)9(2)10-4-3-7-18-10/h3-7,9H,1-2H3,(H2,14,16). The van der Waals surface area contributed by atoms with E-state index in [-0.39, 0.29) is 6.04 Å². The highest BCUT2D eigenvalue weighted by Gasteiger charge is 2.19. The van der Waals surface area contributed by atoms with E-state index in [2.05, 4.69) is 9.97 Å². The van der Waals surface area contributed by atoms with Crippen LogP contribution in [0.2, 0.25) is 0 Å². The Morgan fingerprint density at radius 3 is 2.94 bits per heavy atom. The lowest BCUT2D eigenvalue weighted by atomic mass is 10.2. The van der Waals surface area contributed by atoms with E-state index in [1.807, 2.05) is 36.6 Å². The minimum Gasteiger partial charge on any atom is -0.467 e. The molecule has 3 aromatic rings. The van der Waals surface area contributed by atoms with Crippen LogP contribution in [0.1, 0.15) is 24.3 Å². The van der Waals surface area contributed by atoms with Crippen molar-refractivity contribution in [1.29, 1.82) is 0 Å². The number of rotatable bonds is 2. The van der Waals surface area contributed by atoms with E-state index in [1.54, 1.807) is 12.5 Å². The van der Waals surface area contributed by atoms with E-state index in [9.17, 15) is 0 Å². The van der Waals surface area contributed by atoms with Crippen molar-refractivity contribution in [3.05, 3.63) is 42.0 Å². The molecule has 1 atom stereocenters. The van der Waals surface area contributed by atoms with E-state index in [0.29, 0.717) is 5.95 Å². The average molecular weight is 242 g/mol. The molecule has 0 bridgehead atoms. The molecule has 18 heavy (non-hydrogen) atoms. The average Bonchev–Trinajstić information content (AvgIpc) is 2.96. The number of nitrogen functional groups attached to an aromatic ring is 1. The number of pyridine rings is 1. The van der Waals surface area contributed by atoms with Gasteiger partial charge in [0, 0.05) is 6.20 Å². The number of anilines is 1. The van der Waals surface area contributed by atoms with Gasteiger partial charge in [-0.25, -0.2) is 9.97 Å². The summed E-state index contributed by atoms with van der Waals surface area (Å²) in [5, 5.41) is 0. The largest absolute Gasteiger partial charge is 0.467 e. The van der Waals surface area contributed by atoms with Crippen LogP contribution in [0, 0.1) is 6.92 Å². The summed E-state index contributed by atoms with van der Waals surface area (Å²) >= 11 is 0. The zero-order valence-electron chi connectivity index (χ0n) is 10.3. The molecule has 0 fully saturated rings. The first-order valence-corrected chi connectivity index (χ1v) is 5.81. The molecule has 5 nitrogen and oxygen atoms in total. The van der Waals surface area contributed by atoms with Crippen LogP contribution in [0.3, 0.4) is 0 Å². The number of hydrogen-bond acceptors (Lipinski definition) is 4. The molecule has 0 saturated carbocycles. The highest BCUT2D eigenvalue weighted by atomic mass is 16.3. The number of hydrogen-bond donors (Lipinski definition) is 1. The molecule has 0 amide bonds. The molecule has 2 N–H and O–H groups in total. The number of furan rings is 1. The van der Waals surface area contributed by atoms with Crippen LogP contribution in [0.5, 0.6) is 0 Å². The number of nitrogens with zero attached hydrogens (tertiary/aromatic N) is 3. The summed E-state index contributed by atoms with van der Waals surface area (Å²) in [4.78, 5) is 8.75. The van der Waals surface area contributed by atoms with Crippen LogP contribution in [-0.4, -0.2) is 14.5 Å². The Morgan fingerprint density at radius 2 is 2.22 bits per heavy atom. The van der Waals surface area contributed by atoms with Gasteiger partial charge in [-0.1, -0.05) is 0 Å². The van der Waals surface area contributed by atoms with Crippen molar-refractivity contribution >= 4 is 17.1 Å². The Kier molecular flexibility index (Phi) is 2.33. The molecule has 1 unspecified atom stereocenters. The van der Waals surface area contributed by atoms with Gasteiger partial charge in [0.15, 0.2) is 5.65 Å². The highest BCUT2D eigenvalue weighted by molar-refractivity contribution is 5.77. The number of aryl methyl sites for hydroxylation is 1. The highest BCUT2D eigenvalue weighted by Crippen LogP contribution is 2.27. The van der Waals surface area contributed by atoms with Gasteiger partial charge < -0.3 is 10.2 Å². The third-order valence-corrected chi connectivity index (χ3v) is 3.15. The maximum Gasteiger partial charge on any atom is 0.203 e. The summed E-state index contributed by atoms with van der Waals surface area (Å²) in [6.45, 7) is 4.01. The maximum atomic E-state index is 6.00. The minimum atomic E-state index is -0.0284. The van der Waals surface area contributed by atoms with Gasteiger partial charge >= 0.3 is 0 Å². The predicted octanol–water partition coefficient (Wildman–Crippen LogP) is 2.52. The molecule has 0 aliphatic heterocycles. The van der Waals surface area contributed by atoms with Gasteiger partial charge in [-0.3, -0.25) is 4.57 Å². The lowest BCUT2D eigenvalue weighted by Crippen LogP contribution is -2.10. The van der Waals surface area contributed by atoms with Crippen molar-refractivity contribution in [2.45, 2.75) is 19.9 Å². The predicted molar refractivity (Wildman–Crippen MR) is 69.2 cm³/mol. The first-order valence-electron chi connectivity index (χ1n) is 5.81. The first-order chi connectivity index (χ1) is 8.68. The van der Waals surface area contributed by atoms with Crippen molar-refractivity contribution in [3.63, 3.8) is 0 Å². The monoisotopic (exact) mass is 242 g/mol. The van der Waals surface area contributed by atoms with Crippen molar-refractivity contribution in [2.75, 3.05) is 5.73 Å². The molecular formula is C13H14N4O. The fraction of sp³-hybridized carbons (Fsp3) is 0.231.